The standard InChI is InChI=1S/C17H33NO/c1-2-3-4-5-6-7-8-9-10-11-14-18-15-12-17(19)13-16-18/h2-16H2,1H3. The van der Waals surface area contributed by atoms with Gasteiger partial charge in [-0.3, -0.25) is 4.79 Å². The van der Waals surface area contributed by atoms with Crippen molar-refractivity contribution in [2.75, 3.05) is 19.6 Å². The number of hydrogen-bond donors (Lipinski definition) is 0. The molecule has 1 aliphatic heterocycles. The molecule has 1 saturated heterocycles. The van der Waals surface area contributed by atoms with Crippen LogP contribution in [-0.2, 0) is 4.79 Å². The van der Waals surface area contributed by atoms with Crippen LogP contribution in [0.2, 0.25) is 0 Å². The SMILES string of the molecule is CCCCCCCCCCCCN1CCC(=O)CC1. The van der Waals surface area contributed by atoms with Gasteiger partial charge in [0.05, 0.1) is 0 Å². The summed E-state index contributed by atoms with van der Waals surface area (Å²) in [6.45, 7) is 5.51. The first-order valence-electron chi connectivity index (χ1n) is 8.57. The molecule has 2 nitrogen and oxygen atoms in total. The van der Waals surface area contributed by atoms with E-state index in [1.165, 1.54) is 70.8 Å². The summed E-state index contributed by atoms with van der Waals surface area (Å²) in [5.41, 5.74) is 0. The Labute approximate surface area is 119 Å². The highest BCUT2D eigenvalue weighted by molar-refractivity contribution is 5.79. The molecule has 2 heteroatoms. The zero-order valence-corrected chi connectivity index (χ0v) is 13.0. The molecule has 19 heavy (non-hydrogen) atoms. The van der Waals surface area contributed by atoms with Gasteiger partial charge in [-0.05, 0) is 13.0 Å². The molecule has 1 heterocycles. The maximum Gasteiger partial charge on any atom is 0.135 e. The second-order valence-electron chi connectivity index (χ2n) is 6.06. The molecule has 0 aromatic heterocycles. The monoisotopic (exact) mass is 267 g/mol. The fourth-order valence-corrected chi connectivity index (χ4v) is 2.85. The predicted molar refractivity (Wildman–Crippen MR) is 82.5 cm³/mol. The molecule has 0 saturated carbocycles. The van der Waals surface area contributed by atoms with Crippen LogP contribution in [0.4, 0.5) is 0 Å². The van der Waals surface area contributed by atoms with Crippen LogP contribution in [0, 0.1) is 0 Å². The second-order valence-corrected chi connectivity index (χ2v) is 6.06. The molecule has 0 aromatic rings. The molecule has 0 aromatic carbocycles. The highest BCUT2D eigenvalue weighted by Gasteiger charge is 2.14. The van der Waals surface area contributed by atoms with Gasteiger partial charge < -0.3 is 4.90 Å². The molecular weight excluding hydrogens is 234 g/mol. The van der Waals surface area contributed by atoms with Crippen molar-refractivity contribution in [2.24, 2.45) is 0 Å². The fraction of sp³-hybridized carbons (Fsp3) is 0.941. The van der Waals surface area contributed by atoms with Crippen LogP contribution >= 0.6 is 0 Å². The fourth-order valence-electron chi connectivity index (χ4n) is 2.85. The molecule has 1 aliphatic rings. The maximum absolute atomic E-state index is 11.1. The van der Waals surface area contributed by atoms with Gasteiger partial charge >= 0.3 is 0 Å². The van der Waals surface area contributed by atoms with E-state index >= 15 is 0 Å². The Morgan fingerprint density at radius 2 is 1.26 bits per heavy atom. The van der Waals surface area contributed by atoms with Gasteiger partial charge in [-0.15, -0.1) is 0 Å². The Morgan fingerprint density at radius 1 is 0.789 bits per heavy atom. The minimum atomic E-state index is 0.458. The summed E-state index contributed by atoms with van der Waals surface area (Å²) in [6.07, 6.45) is 15.6. The topological polar surface area (TPSA) is 20.3 Å². The lowest BCUT2D eigenvalue weighted by molar-refractivity contribution is -0.121. The summed E-state index contributed by atoms with van der Waals surface area (Å²) < 4.78 is 0. The first-order chi connectivity index (χ1) is 9.33. The van der Waals surface area contributed by atoms with Crippen LogP contribution in [0.15, 0.2) is 0 Å². The summed E-state index contributed by atoms with van der Waals surface area (Å²) in [7, 11) is 0. The quantitative estimate of drug-likeness (QED) is 0.511. The van der Waals surface area contributed by atoms with Crippen molar-refractivity contribution in [1.82, 2.24) is 4.90 Å². The largest absolute Gasteiger partial charge is 0.302 e. The third-order valence-electron chi connectivity index (χ3n) is 4.24. The minimum absolute atomic E-state index is 0.458. The van der Waals surface area contributed by atoms with Crippen molar-refractivity contribution in [3.05, 3.63) is 0 Å². The van der Waals surface area contributed by atoms with Gasteiger partial charge in [-0.1, -0.05) is 64.7 Å². The highest BCUT2D eigenvalue weighted by atomic mass is 16.1. The van der Waals surface area contributed by atoms with Crippen LogP contribution in [0.3, 0.4) is 0 Å². The van der Waals surface area contributed by atoms with Crippen LogP contribution in [0.25, 0.3) is 0 Å². The maximum atomic E-state index is 11.1. The summed E-state index contributed by atoms with van der Waals surface area (Å²) in [5.74, 6) is 0.458. The predicted octanol–water partition coefficient (Wildman–Crippen LogP) is 4.57. The van der Waals surface area contributed by atoms with E-state index in [1.807, 2.05) is 0 Å². The molecule has 112 valence electrons. The van der Waals surface area contributed by atoms with Crippen molar-refractivity contribution >= 4 is 5.78 Å². The van der Waals surface area contributed by atoms with Crippen molar-refractivity contribution in [3.63, 3.8) is 0 Å². The number of hydrogen-bond acceptors (Lipinski definition) is 2. The van der Waals surface area contributed by atoms with Crippen LogP contribution in [0.5, 0.6) is 0 Å². The van der Waals surface area contributed by atoms with E-state index in [0.29, 0.717) is 5.78 Å². The Balaban J connectivity index is 1.77. The second kappa shape index (κ2) is 11.5. The summed E-state index contributed by atoms with van der Waals surface area (Å²) in [6, 6.07) is 0. The van der Waals surface area contributed by atoms with Crippen molar-refractivity contribution in [3.8, 4) is 0 Å². The van der Waals surface area contributed by atoms with Crippen LogP contribution in [-0.4, -0.2) is 30.3 Å². The lowest BCUT2D eigenvalue weighted by Gasteiger charge is -2.25. The lowest BCUT2D eigenvalue weighted by atomic mass is 10.1. The van der Waals surface area contributed by atoms with Gasteiger partial charge in [0.25, 0.3) is 0 Å². The normalized spacial score (nSPS) is 17.0. The number of Topliss-reactive ketones (excluding diaryl/α,β-unsaturated/α-hetero) is 1. The number of unbranched alkanes of at least 4 members (excludes halogenated alkanes) is 9. The number of carbonyl (C=O) groups is 1. The number of likely N-dealkylation sites (tertiary alicyclic amines) is 1. The van der Waals surface area contributed by atoms with Gasteiger partial charge in [-0.25, -0.2) is 0 Å². The smallest absolute Gasteiger partial charge is 0.135 e. The van der Waals surface area contributed by atoms with E-state index in [1.54, 1.807) is 0 Å². The third-order valence-corrected chi connectivity index (χ3v) is 4.24. The van der Waals surface area contributed by atoms with Crippen LogP contribution in [0.1, 0.15) is 84.0 Å². The lowest BCUT2D eigenvalue weighted by Crippen LogP contribution is -2.34. The minimum Gasteiger partial charge on any atom is -0.302 e. The molecule has 1 rings (SSSR count). The average Bonchev–Trinajstić information content (AvgIpc) is 2.43. The Bertz CT molecular complexity index is 217. The van der Waals surface area contributed by atoms with Gasteiger partial charge in [-0.2, -0.15) is 0 Å². The molecule has 0 N–H and O–H groups in total. The molecule has 0 bridgehead atoms. The summed E-state index contributed by atoms with van der Waals surface area (Å²) in [4.78, 5) is 13.6. The molecule has 1 fully saturated rings. The number of rotatable bonds is 11. The van der Waals surface area contributed by atoms with Gasteiger partial charge in [0.2, 0.25) is 0 Å². The van der Waals surface area contributed by atoms with E-state index in [9.17, 15) is 4.79 Å². The average molecular weight is 267 g/mol. The Kier molecular flexibility index (Phi) is 10.1. The number of nitrogens with zero attached hydrogens (tertiary/aromatic N) is 1. The molecule has 0 amide bonds. The zero-order chi connectivity index (χ0) is 13.8. The van der Waals surface area contributed by atoms with Crippen LogP contribution < -0.4 is 0 Å². The van der Waals surface area contributed by atoms with E-state index in [-0.39, 0.29) is 0 Å². The van der Waals surface area contributed by atoms with Gasteiger partial charge in [0.15, 0.2) is 0 Å². The van der Waals surface area contributed by atoms with Crippen molar-refractivity contribution in [2.45, 2.75) is 84.0 Å². The van der Waals surface area contributed by atoms with Gasteiger partial charge in [0, 0.05) is 25.9 Å². The van der Waals surface area contributed by atoms with E-state index in [0.717, 1.165) is 25.9 Å². The van der Waals surface area contributed by atoms with E-state index < -0.39 is 0 Å². The summed E-state index contributed by atoms with van der Waals surface area (Å²) >= 11 is 0. The summed E-state index contributed by atoms with van der Waals surface area (Å²) in [5, 5.41) is 0. The first-order valence-corrected chi connectivity index (χ1v) is 8.57. The van der Waals surface area contributed by atoms with Crippen molar-refractivity contribution < 1.29 is 4.79 Å². The van der Waals surface area contributed by atoms with E-state index in [4.69, 9.17) is 0 Å². The Hall–Kier alpha value is -0.370. The molecule has 0 atom stereocenters. The zero-order valence-electron chi connectivity index (χ0n) is 13.0. The molecular formula is C17H33NO. The molecule has 0 unspecified atom stereocenters. The Morgan fingerprint density at radius 3 is 1.79 bits per heavy atom. The number of ketones is 1. The third kappa shape index (κ3) is 9.21. The van der Waals surface area contributed by atoms with Gasteiger partial charge in [0.1, 0.15) is 5.78 Å². The first kappa shape index (κ1) is 16.7. The van der Waals surface area contributed by atoms with Crippen molar-refractivity contribution in [1.29, 1.82) is 0 Å². The molecule has 0 aliphatic carbocycles. The molecule has 0 radical (unpaired) electrons. The molecule has 0 spiro atoms. The highest BCUT2D eigenvalue weighted by Crippen LogP contribution is 2.12. The number of piperidine rings is 1. The number of carbonyl (C=O) groups excluding carboxylic acids is 1. The van der Waals surface area contributed by atoms with E-state index in [2.05, 4.69) is 11.8 Å².